The number of hydrogen-bond acceptors (Lipinski definition) is 3. The van der Waals surface area contributed by atoms with Crippen molar-refractivity contribution >= 4 is 23.3 Å². The van der Waals surface area contributed by atoms with Crippen LogP contribution in [0.25, 0.3) is 0 Å². The summed E-state index contributed by atoms with van der Waals surface area (Å²) in [5.74, 6) is 0.842. The fourth-order valence-corrected chi connectivity index (χ4v) is 3.56. The fraction of sp³-hybridized carbons (Fsp3) is 0.381. The van der Waals surface area contributed by atoms with Crippen LogP contribution in [-0.4, -0.2) is 49.1 Å². The van der Waals surface area contributed by atoms with E-state index < -0.39 is 0 Å². The highest BCUT2D eigenvalue weighted by Gasteiger charge is 2.22. The second kappa shape index (κ2) is 8.63. The van der Waals surface area contributed by atoms with Gasteiger partial charge in [0.05, 0.1) is 7.11 Å². The summed E-state index contributed by atoms with van der Waals surface area (Å²) in [6.07, 6.45) is 0. The van der Waals surface area contributed by atoms with Crippen LogP contribution < -0.4 is 10.1 Å². The van der Waals surface area contributed by atoms with Crippen LogP contribution in [0, 0.1) is 13.8 Å². The number of rotatable bonds is 4. The van der Waals surface area contributed by atoms with Crippen molar-refractivity contribution in [3.05, 3.63) is 58.1 Å². The van der Waals surface area contributed by atoms with E-state index in [1.54, 1.807) is 7.11 Å². The molecule has 2 aromatic carbocycles. The molecule has 0 bridgehead atoms. The minimum Gasteiger partial charge on any atom is -0.496 e. The lowest BCUT2D eigenvalue weighted by atomic mass is 10.1. The first kappa shape index (κ1) is 19.5. The molecule has 0 aliphatic carbocycles. The Morgan fingerprint density at radius 3 is 2.52 bits per heavy atom. The van der Waals surface area contributed by atoms with E-state index in [0.29, 0.717) is 18.1 Å². The lowest BCUT2D eigenvalue weighted by molar-refractivity contribution is 0.142. The van der Waals surface area contributed by atoms with E-state index >= 15 is 0 Å². The molecule has 1 fully saturated rings. The zero-order valence-corrected chi connectivity index (χ0v) is 16.8. The maximum atomic E-state index is 12.6. The van der Waals surface area contributed by atoms with Gasteiger partial charge in [-0.15, -0.1) is 0 Å². The highest BCUT2D eigenvalue weighted by atomic mass is 35.5. The van der Waals surface area contributed by atoms with Crippen LogP contribution >= 0.6 is 11.6 Å². The van der Waals surface area contributed by atoms with Crippen molar-refractivity contribution in [2.45, 2.75) is 20.4 Å². The highest BCUT2D eigenvalue weighted by Crippen LogP contribution is 2.24. The SMILES string of the molecule is COc1ccc(Cl)cc1CN1CCN(C(=O)Nc2ccc(C)cc2C)CC1. The molecule has 0 atom stereocenters. The highest BCUT2D eigenvalue weighted by molar-refractivity contribution is 6.30. The summed E-state index contributed by atoms with van der Waals surface area (Å²) in [5.41, 5.74) is 4.21. The van der Waals surface area contributed by atoms with Gasteiger partial charge in [-0.2, -0.15) is 0 Å². The third-order valence-corrected chi connectivity index (χ3v) is 5.15. The van der Waals surface area contributed by atoms with E-state index in [0.717, 1.165) is 42.2 Å². The van der Waals surface area contributed by atoms with Gasteiger partial charge in [0.1, 0.15) is 5.75 Å². The van der Waals surface area contributed by atoms with Gasteiger partial charge in [-0.25, -0.2) is 4.79 Å². The molecule has 1 saturated heterocycles. The van der Waals surface area contributed by atoms with Crippen LogP contribution in [-0.2, 0) is 6.54 Å². The Bertz CT molecular complexity index is 817. The number of nitrogens with zero attached hydrogens (tertiary/aromatic N) is 2. The molecule has 1 aliphatic rings. The van der Waals surface area contributed by atoms with E-state index in [2.05, 4.69) is 16.3 Å². The molecule has 2 aromatic rings. The van der Waals surface area contributed by atoms with Gasteiger partial charge in [-0.1, -0.05) is 29.3 Å². The standard InChI is InChI=1S/C21H26ClN3O2/c1-15-4-6-19(16(2)12-15)23-21(26)25-10-8-24(9-11-25)14-17-13-18(22)5-7-20(17)27-3/h4-7,12-13H,8-11,14H2,1-3H3,(H,23,26). The maximum absolute atomic E-state index is 12.6. The van der Waals surface area contributed by atoms with Gasteiger partial charge in [0.25, 0.3) is 0 Å². The van der Waals surface area contributed by atoms with Crippen molar-refractivity contribution in [3.8, 4) is 5.75 Å². The first-order valence-corrected chi connectivity index (χ1v) is 9.52. The number of carbonyl (C=O) groups is 1. The third-order valence-electron chi connectivity index (χ3n) is 4.92. The summed E-state index contributed by atoms with van der Waals surface area (Å²) >= 11 is 6.12. The van der Waals surface area contributed by atoms with Gasteiger partial charge in [0, 0.05) is 49.0 Å². The Kier molecular flexibility index (Phi) is 6.24. The van der Waals surface area contributed by atoms with E-state index in [1.807, 2.05) is 49.1 Å². The first-order valence-electron chi connectivity index (χ1n) is 9.14. The Hall–Kier alpha value is -2.24. The molecule has 0 unspecified atom stereocenters. The quantitative estimate of drug-likeness (QED) is 0.849. The number of hydrogen-bond donors (Lipinski definition) is 1. The van der Waals surface area contributed by atoms with Gasteiger partial charge in [-0.3, -0.25) is 4.90 Å². The number of benzene rings is 2. The number of halogens is 1. The molecule has 5 nitrogen and oxygen atoms in total. The summed E-state index contributed by atoms with van der Waals surface area (Å²) in [4.78, 5) is 16.8. The van der Waals surface area contributed by atoms with Crippen LogP contribution in [0.1, 0.15) is 16.7 Å². The van der Waals surface area contributed by atoms with Crippen molar-refractivity contribution < 1.29 is 9.53 Å². The molecule has 0 spiro atoms. The van der Waals surface area contributed by atoms with E-state index in [-0.39, 0.29) is 6.03 Å². The maximum Gasteiger partial charge on any atom is 0.321 e. The predicted molar refractivity (Wildman–Crippen MR) is 110 cm³/mol. The van der Waals surface area contributed by atoms with Gasteiger partial charge in [-0.05, 0) is 43.7 Å². The number of aryl methyl sites for hydroxylation is 2. The number of anilines is 1. The monoisotopic (exact) mass is 387 g/mol. The lowest BCUT2D eigenvalue weighted by Crippen LogP contribution is -2.49. The largest absolute Gasteiger partial charge is 0.496 e. The minimum absolute atomic E-state index is 0.0399. The molecule has 0 radical (unpaired) electrons. The molecule has 0 aromatic heterocycles. The molecule has 3 rings (SSSR count). The van der Waals surface area contributed by atoms with Crippen molar-refractivity contribution in [1.29, 1.82) is 0 Å². The Morgan fingerprint density at radius 2 is 1.85 bits per heavy atom. The summed E-state index contributed by atoms with van der Waals surface area (Å²) in [7, 11) is 1.67. The van der Waals surface area contributed by atoms with E-state index in [4.69, 9.17) is 16.3 Å². The smallest absolute Gasteiger partial charge is 0.321 e. The van der Waals surface area contributed by atoms with Crippen LogP contribution in [0.2, 0.25) is 5.02 Å². The fourth-order valence-electron chi connectivity index (χ4n) is 3.37. The van der Waals surface area contributed by atoms with Crippen LogP contribution in [0.15, 0.2) is 36.4 Å². The molecule has 144 valence electrons. The zero-order valence-electron chi connectivity index (χ0n) is 16.1. The number of amides is 2. The first-order chi connectivity index (χ1) is 13.0. The Balaban J connectivity index is 1.55. The van der Waals surface area contributed by atoms with Crippen LogP contribution in [0.5, 0.6) is 5.75 Å². The summed E-state index contributed by atoms with van der Waals surface area (Å²) in [6.45, 7) is 7.84. The number of ether oxygens (including phenoxy) is 1. The summed E-state index contributed by atoms with van der Waals surface area (Å²) in [6, 6.07) is 11.7. The topological polar surface area (TPSA) is 44.8 Å². The van der Waals surface area contributed by atoms with Gasteiger partial charge in [0.15, 0.2) is 0 Å². The minimum atomic E-state index is -0.0399. The molecule has 0 saturated carbocycles. The molecular formula is C21H26ClN3O2. The molecule has 1 aliphatic heterocycles. The second-order valence-electron chi connectivity index (χ2n) is 6.97. The third kappa shape index (κ3) is 4.93. The number of nitrogens with one attached hydrogen (secondary N) is 1. The molecule has 1 heterocycles. The molecule has 27 heavy (non-hydrogen) atoms. The predicted octanol–water partition coefficient (Wildman–Crippen LogP) is 4.32. The van der Waals surface area contributed by atoms with Gasteiger partial charge < -0.3 is 15.0 Å². The molecular weight excluding hydrogens is 362 g/mol. The van der Waals surface area contributed by atoms with E-state index in [9.17, 15) is 4.79 Å². The van der Waals surface area contributed by atoms with Crippen LogP contribution in [0.3, 0.4) is 0 Å². The zero-order chi connectivity index (χ0) is 19.4. The van der Waals surface area contributed by atoms with Crippen molar-refractivity contribution in [1.82, 2.24) is 9.80 Å². The second-order valence-corrected chi connectivity index (χ2v) is 7.40. The molecule has 2 amide bonds. The Morgan fingerprint density at radius 1 is 1.11 bits per heavy atom. The summed E-state index contributed by atoms with van der Waals surface area (Å²) < 4.78 is 5.43. The van der Waals surface area contributed by atoms with E-state index in [1.165, 1.54) is 5.56 Å². The van der Waals surface area contributed by atoms with Crippen molar-refractivity contribution in [3.63, 3.8) is 0 Å². The number of methoxy groups -OCH3 is 1. The van der Waals surface area contributed by atoms with Crippen molar-refractivity contribution in [2.24, 2.45) is 0 Å². The Labute approximate surface area is 165 Å². The van der Waals surface area contributed by atoms with Gasteiger partial charge >= 0.3 is 6.03 Å². The number of urea groups is 1. The van der Waals surface area contributed by atoms with Crippen molar-refractivity contribution in [2.75, 3.05) is 38.6 Å². The average Bonchev–Trinajstić information content (AvgIpc) is 2.65. The lowest BCUT2D eigenvalue weighted by Gasteiger charge is -2.35. The number of carbonyl (C=O) groups excluding carboxylic acids is 1. The van der Waals surface area contributed by atoms with Gasteiger partial charge in [0.2, 0.25) is 0 Å². The van der Waals surface area contributed by atoms with Crippen LogP contribution in [0.4, 0.5) is 10.5 Å². The normalized spacial score (nSPS) is 14.9. The molecule has 1 N–H and O–H groups in total. The summed E-state index contributed by atoms with van der Waals surface area (Å²) in [5, 5.41) is 3.73. The number of piperazine rings is 1. The molecule has 6 heteroatoms. The average molecular weight is 388 g/mol.